The highest BCUT2D eigenvalue weighted by atomic mass is 16.5. The molecule has 0 spiro atoms. The fraction of sp³-hybridized carbons (Fsp3) is 0.562. The molecule has 2 N–H and O–H groups in total. The lowest BCUT2D eigenvalue weighted by Gasteiger charge is -2.31. The number of aryl methyl sites for hydroxylation is 1. The minimum absolute atomic E-state index is 0.109. The van der Waals surface area contributed by atoms with Crippen LogP contribution in [0.5, 0.6) is 5.75 Å². The van der Waals surface area contributed by atoms with Crippen molar-refractivity contribution in [3.05, 3.63) is 23.8 Å². The number of hydrogen-bond acceptors (Lipinski definition) is 3. The number of rotatable bonds is 2. The van der Waals surface area contributed by atoms with Crippen LogP contribution in [0.25, 0.3) is 0 Å². The van der Waals surface area contributed by atoms with Crippen molar-refractivity contribution in [3.8, 4) is 5.75 Å². The maximum absolute atomic E-state index is 12.7. The van der Waals surface area contributed by atoms with Gasteiger partial charge in [0.1, 0.15) is 5.75 Å². The molecule has 4 nitrogen and oxygen atoms in total. The van der Waals surface area contributed by atoms with Crippen LogP contribution in [0.2, 0.25) is 0 Å². The first-order chi connectivity index (χ1) is 9.69. The monoisotopic (exact) mass is 274 g/mol. The normalized spacial score (nSPS) is 25.4. The van der Waals surface area contributed by atoms with Gasteiger partial charge < -0.3 is 15.4 Å². The summed E-state index contributed by atoms with van der Waals surface area (Å²) in [6.07, 6.45) is 4.77. The Morgan fingerprint density at radius 3 is 2.95 bits per heavy atom. The molecule has 2 atom stereocenters. The molecule has 1 aliphatic heterocycles. The molecule has 0 aromatic heterocycles. The van der Waals surface area contributed by atoms with Crippen molar-refractivity contribution < 1.29 is 9.53 Å². The van der Waals surface area contributed by atoms with E-state index in [2.05, 4.69) is 6.07 Å². The van der Waals surface area contributed by atoms with E-state index in [1.165, 1.54) is 5.56 Å². The Labute approximate surface area is 119 Å². The molecule has 0 radical (unpaired) electrons. The Morgan fingerprint density at radius 1 is 1.40 bits per heavy atom. The molecule has 1 saturated carbocycles. The molecule has 1 aliphatic carbocycles. The van der Waals surface area contributed by atoms with Crippen LogP contribution in [0, 0.1) is 5.92 Å². The summed E-state index contributed by atoms with van der Waals surface area (Å²) in [6, 6.07) is 6.20. The van der Waals surface area contributed by atoms with E-state index in [0.29, 0.717) is 0 Å². The Balaban J connectivity index is 1.84. The summed E-state index contributed by atoms with van der Waals surface area (Å²) in [5.41, 5.74) is 8.21. The predicted octanol–water partition coefficient (Wildman–Crippen LogP) is 2.10. The number of ether oxygens (including phenoxy) is 1. The number of amides is 1. The van der Waals surface area contributed by atoms with Gasteiger partial charge in [-0.1, -0.05) is 0 Å². The van der Waals surface area contributed by atoms with Crippen LogP contribution in [0.1, 0.15) is 31.2 Å². The molecule has 0 saturated heterocycles. The fourth-order valence-corrected chi connectivity index (χ4v) is 3.39. The van der Waals surface area contributed by atoms with Gasteiger partial charge in [-0.05, 0) is 55.9 Å². The first-order valence-corrected chi connectivity index (χ1v) is 7.43. The van der Waals surface area contributed by atoms with E-state index in [-0.39, 0.29) is 17.9 Å². The quantitative estimate of drug-likeness (QED) is 0.898. The lowest BCUT2D eigenvalue weighted by atomic mass is 9.98. The van der Waals surface area contributed by atoms with E-state index < -0.39 is 0 Å². The zero-order valence-electron chi connectivity index (χ0n) is 12.0. The van der Waals surface area contributed by atoms with Crippen molar-refractivity contribution in [2.75, 3.05) is 18.6 Å². The number of benzene rings is 1. The van der Waals surface area contributed by atoms with Gasteiger partial charge in [-0.2, -0.15) is 0 Å². The van der Waals surface area contributed by atoms with Gasteiger partial charge in [-0.3, -0.25) is 4.79 Å². The molecule has 108 valence electrons. The largest absolute Gasteiger partial charge is 0.497 e. The smallest absolute Gasteiger partial charge is 0.230 e. The summed E-state index contributed by atoms with van der Waals surface area (Å²) in [4.78, 5) is 14.7. The van der Waals surface area contributed by atoms with E-state index in [0.717, 1.165) is 50.1 Å². The first-order valence-electron chi connectivity index (χ1n) is 7.43. The van der Waals surface area contributed by atoms with E-state index >= 15 is 0 Å². The molecular weight excluding hydrogens is 252 g/mol. The van der Waals surface area contributed by atoms with Gasteiger partial charge in [0.2, 0.25) is 5.91 Å². The Morgan fingerprint density at radius 2 is 2.25 bits per heavy atom. The number of fused-ring (bicyclic) bond motifs is 1. The second-order valence-electron chi connectivity index (χ2n) is 5.86. The number of nitrogens with zero attached hydrogens (tertiary/aromatic N) is 1. The summed E-state index contributed by atoms with van der Waals surface area (Å²) in [6.45, 7) is 0.823. The number of anilines is 1. The Bertz CT molecular complexity index is 515. The summed E-state index contributed by atoms with van der Waals surface area (Å²) in [5, 5.41) is 0. The lowest BCUT2D eigenvalue weighted by molar-refractivity contribution is -0.122. The molecule has 2 unspecified atom stereocenters. The van der Waals surface area contributed by atoms with Crippen molar-refractivity contribution in [3.63, 3.8) is 0 Å². The Kier molecular flexibility index (Phi) is 3.66. The van der Waals surface area contributed by atoms with E-state index in [1.54, 1.807) is 7.11 Å². The Hall–Kier alpha value is -1.55. The summed E-state index contributed by atoms with van der Waals surface area (Å²) in [5.74, 6) is 1.23. The number of methoxy groups -OCH3 is 1. The zero-order valence-corrected chi connectivity index (χ0v) is 12.0. The standard InChI is InChI=1S/C16H22N2O2/c1-20-14-6-7-15-11(10-14)3-2-8-18(15)16(19)12-4-5-13(17)9-12/h6-7,10,12-13H,2-5,8-9,17H2,1H3. The highest BCUT2D eigenvalue weighted by Crippen LogP contribution is 2.34. The molecule has 1 aromatic carbocycles. The van der Waals surface area contributed by atoms with Gasteiger partial charge in [0.15, 0.2) is 0 Å². The molecule has 0 bridgehead atoms. The fourth-order valence-electron chi connectivity index (χ4n) is 3.39. The summed E-state index contributed by atoms with van der Waals surface area (Å²) >= 11 is 0. The predicted molar refractivity (Wildman–Crippen MR) is 79.0 cm³/mol. The number of nitrogens with two attached hydrogens (primary N) is 1. The van der Waals surface area contributed by atoms with Crippen molar-refractivity contribution >= 4 is 11.6 Å². The van der Waals surface area contributed by atoms with Gasteiger partial charge in [-0.25, -0.2) is 0 Å². The van der Waals surface area contributed by atoms with Crippen LogP contribution in [-0.4, -0.2) is 25.6 Å². The highest BCUT2D eigenvalue weighted by molar-refractivity contribution is 5.96. The van der Waals surface area contributed by atoms with Gasteiger partial charge in [-0.15, -0.1) is 0 Å². The molecule has 1 aromatic rings. The van der Waals surface area contributed by atoms with Crippen LogP contribution in [0.4, 0.5) is 5.69 Å². The zero-order chi connectivity index (χ0) is 14.1. The van der Waals surface area contributed by atoms with Crippen LogP contribution >= 0.6 is 0 Å². The van der Waals surface area contributed by atoms with E-state index in [9.17, 15) is 4.79 Å². The van der Waals surface area contributed by atoms with Crippen LogP contribution < -0.4 is 15.4 Å². The van der Waals surface area contributed by atoms with Crippen LogP contribution in [0.3, 0.4) is 0 Å². The van der Waals surface area contributed by atoms with Gasteiger partial charge >= 0.3 is 0 Å². The van der Waals surface area contributed by atoms with Crippen LogP contribution in [0.15, 0.2) is 18.2 Å². The maximum Gasteiger partial charge on any atom is 0.230 e. The van der Waals surface area contributed by atoms with Crippen molar-refractivity contribution in [1.82, 2.24) is 0 Å². The molecule has 20 heavy (non-hydrogen) atoms. The lowest BCUT2D eigenvalue weighted by Crippen LogP contribution is -2.39. The van der Waals surface area contributed by atoms with Gasteiger partial charge in [0.25, 0.3) is 0 Å². The number of carbonyl (C=O) groups is 1. The molecule has 2 aliphatic rings. The number of carbonyl (C=O) groups excluding carboxylic acids is 1. The van der Waals surface area contributed by atoms with E-state index in [1.807, 2.05) is 17.0 Å². The maximum atomic E-state index is 12.7. The summed E-state index contributed by atoms with van der Waals surface area (Å²) in [7, 11) is 1.67. The minimum atomic E-state index is 0.109. The third kappa shape index (κ3) is 2.40. The molecule has 4 heteroatoms. The second kappa shape index (κ2) is 5.44. The third-order valence-electron chi connectivity index (χ3n) is 4.49. The second-order valence-corrected chi connectivity index (χ2v) is 5.86. The van der Waals surface area contributed by atoms with Crippen molar-refractivity contribution in [2.24, 2.45) is 11.7 Å². The van der Waals surface area contributed by atoms with Gasteiger partial charge in [0, 0.05) is 24.2 Å². The van der Waals surface area contributed by atoms with Crippen LogP contribution in [-0.2, 0) is 11.2 Å². The van der Waals surface area contributed by atoms with Crippen molar-refractivity contribution in [2.45, 2.75) is 38.1 Å². The minimum Gasteiger partial charge on any atom is -0.497 e. The third-order valence-corrected chi connectivity index (χ3v) is 4.49. The van der Waals surface area contributed by atoms with E-state index in [4.69, 9.17) is 10.5 Å². The highest BCUT2D eigenvalue weighted by Gasteiger charge is 2.33. The van der Waals surface area contributed by atoms with Crippen molar-refractivity contribution in [1.29, 1.82) is 0 Å². The SMILES string of the molecule is COc1ccc2c(c1)CCCN2C(=O)C1CCC(N)C1. The molecule has 1 amide bonds. The molecule has 1 heterocycles. The summed E-state index contributed by atoms with van der Waals surface area (Å²) < 4.78 is 5.27. The molecule has 3 rings (SSSR count). The average Bonchev–Trinajstić information content (AvgIpc) is 2.91. The average molecular weight is 274 g/mol. The van der Waals surface area contributed by atoms with Gasteiger partial charge in [0.05, 0.1) is 7.11 Å². The topological polar surface area (TPSA) is 55.6 Å². The number of hydrogen-bond donors (Lipinski definition) is 1. The molecular formula is C16H22N2O2. The first kappa shape index (κ1) is 13.4. The molecule has 1 fully saturated rings.